The van der Waals surface area contributed by atoms with Gasteiger partial charge in [-0.15, -0.1) is 0 Å². The minimum absolute atomic E-state index is 0.0922. The van der Waals surface area contributed by atoms with E-state index in [0.717, 1.165) is 11.4 Å². The van der Waals surface area contributed by atoms with Gasteiger partial charge < -0.3 is 14.5 Å². The van der Waals surface area contributed by atoms with Gasteiger partial charge in [0.2, 0.25) is 0 Å². The van der Waals surface area contributed by atoms with Gasteiger partial charge in [0.05, 0.1) is 25.6 Å². The quantitative estimate of drug-likeness (QED) is 0.630. The van der Waals surface area contributed by atoms with Crippen molar-refractivity contribution in [2.24, 2.45) is 5.10 Å². The summed E-state index contributed by atoms with van der Waals surface area (Å²) in [5, 5.41) is 6.80. The second kappa shape index (κ2) is 7.14. The van der Waals surface area contributed by atoms with Crippen molar-refractivity contribution in [3.05, 3.63) is 47.9 Å². The normalized spacial score (nSPS) is 10.6. The van der Waals surface area contributed by atoms with E-state index in [1.165, 1.54) is 6.21 Å². The lowest BCUT2D eigenvalue weighted by molar-refractivity contribution is -0.119. The Labute approximate surface area is 122 Å². The molecule has 0 radical (unpaired) electrons. The number of methoxy groups -OCH3 is 1. The first-order valence-electron chi connectivity index (χ1n) is 6.44. The molecule has 2 N–H and O–H groups in total. The monoisotopic (exact) mass is 287 g/mol. The van der Waals surface area contributed by atoms with E-state index in [2.05, 4.69) is 15.8 Å². The van der Waals surface area contributed by atoms with E-state index in [-0.39, 0.29) is 12.5 Å². The highest BCUT2D eigenvalue weighted by Gasteiger charge is 2.03. The molecule has 1 aromatic heterocycles. The number of nitrogens with zero attached hydrogens (tertiary/aromatic N) is 1. The van der Waals surface area contributed by atoms with Crippen LogP contribution < -0.4 is 15.5 Å². The molecule has 110 valence electrons. The third kappa shape index (κ3) is 4.38. The minimum Gasteiger partial charge on any atom is -0.495 e. The molecule has 0 bridgehead atoms. The Kier molecular flexibility index (Phi) is 4.98. The maximum Gasteiger partial charge on any atom is 0.259 e. The van der Waals surface area contributed by atoms with E-state index < -0.39 is 0 Å². The van der Waals surface area contributed by atoms with Gasteiger partial charge in [-0.25, -0.2) is 5.43 Å². The Hall–Kier alpha value is -2.76. The van der Waals surface area contributed by atoms with Crippen molar-refractivity contribution >= 4 is 17.8 Å². The van der Waals surface area contributed by atoms with Crippen LogP contribution in [0.1, 0.15) is 11.5 Å². The number of carbonyl (C=O) groups excluding carboxylic acids is 1. The summed E-state index contributed by atoms with van der Waals surface area (Å²) >= 11 is 0. The van der Waals surface area contributed by atoms with Gasteiger partial charge in [-0.3, -0.25) is 4.79 Å². The average molecular weight is 287 g/mol. The lowest BCUT2D eigenvalue weighted by Crippen LogP contribution is -2.26. The van der Waals surface area contributed by atoms with Crippen LogP contribution in [0.4, 0.5) is 5.69 Å². The lowest BCUT2D eigenvalue weighted by atomic mass is 10.3. The Bertz CT molecular complexity index is 635. The predicted molar refractivity (Wildman–Crippen MR) is 80.7 cm³/mol. The molecule has 0 fully saturated rings. The Balaban J connectivity index is 1.81. The third-order valence-electron chi connectivity index (χ3n) is 2.69. The second-order valence-corrected chi connectivity index (χ2v) is 4.30. The number of furan rings is 1. The molecular weight excluding hydrogens is 270 g/mol. The number of nitrogens with one attached hydrogen (secondary N) is 2. The van der Waals surface area contributed by atoms with Crippen LogP contribution in [0, 0.1) is 6.92 Å². The van der Waals surface area contributed by atoms with Gasteiger partial charge >= 0.3 is 0 Å². The van der Waals surface area contributed by atoms with Crippen LogP contribution in [0.2, 0.25) is 0 Å². The number of rotatable bonds is 6. The molecule has 0 aliphatic rings. The number of hydrazone groups is 1. The molecule has 1 amide bonds. The first kappa shape index (κ1) is 14.6. The number of amides is 1. The average Bonchev–Trinajstić information content (AvgIpc) is 2.91. The number of hydrogen-bond donors (Lipinski definition) is 2. The molecule has 2 aromatic rings. The molecule has 1 heterocycles. The Morgan fingerprint density at radius 3 is 2.86 bits per heavy atom. The van der Waals surface area contributed by atoms with Gasteiger partial charge in [0.25, 0.3) is 5.91 Å². The Morgan fingerprint density at radius 2 is 2.14 bits per heavy atom. The van der Waals surface area contributed by atoms with E-state index in [0.29, 0.717) is 11.5 Å². The summed E-state index contributed by atoms with van der Waals surface area (Å²) in [6, 6.07) is 11.0. The van der Waals surface area contributed by atoms with E-state index in [4.69, 9.17) is 9.15 Å². The third-order valence-corrected chi connectivity index (χ3v) is 2.69. The van der Waals surface area contributed by atoms with Crippen LogP contribution in [-0.4, -0.2) is 25.8 Å². The molecule has 0 atom stereocenters. The van der Waals surface area contributed by atoms with Crippen LogP contribution in [0.5, 0.6) is 5.75 Å². The van der Waals surface area contributed by atoms with E-state index in [1.54, 1.807) is 13.2 Å². The molecule has 0 aliphatic heterocycles. The Morgan fingerprint density at radius 1 is 1.33 bits per heavy atom. The first-order chi connectivity index (χ1) is 10.2. The summed E-state index contributed by atoms with van der Waals surface area (Å²) in [5.74, 6) is 1.80. The maximum atomic E-state index is 11.7. The second-order valence-electron chi connectivity index (χ2n) is 4.30. The highest BCUT2D eigenvalue weighted by Crippen LogP contribution is 2.22. The molecule has 0 spiro atoms. The van der Waals surface area contributed by atoms with E-state index in [9.17, 15) is 4.79 Å². The maximum absolute atomic E-state index is 11.7. The summed E-state index contributed by atoms with van der Waals surface area (Å²) in [7, 11) is 1.58. The van der Waals surface area contributed by atoms with Crippen molar-refractivity contribution in [1.82, 2.24) is 5.43 Å². The molecule has 2 rings (SSSR count). The fourth-order valence-corrected chi connectivity index (χ4v) is 1.70. The van der Waals surface area contributed by atoms with E-state index >= 15 is 0 Å². The SMILES string of the molecule is COc1ccccc1NCC(=O)N/N=C\c1ccc(C)o1. The fourth-order valence-electron chi connectivity index (χ4n) is 1.70. The van der Waals surface area contributed by atoms with Crippen LogP contribution in [0.3, 0.4) is 0 Å². The van der Waals surface area contributed by atoms with Gasteiger partial charge in [0.1, 0.15) is 17.3 Å². The van der Waals surface area contributed by atoms with Crippen molar-refractivity contribution in [3.8, 4) is 5.75 Å². The zero-order valence-electron chi connectivity index (χ0n) is 11.9. The lowest BCUT2D eigenvalue weighted by Gasteiger charge is -2.09. The number of para-hydroxylation sites is 2. The van der Waals surface area contributed by atoms with E-state index in [1.807, 2.05) is 37.3 Å². The van der Waals surface area contributed by atoms with Crippen molar-refractivity contribution in [2.45, 2.75) is 6.92 Å². The minimum atomic E-state index is -0.263. The summed E-state index contributed by atoms with van der Waals surface area (Å²) in [4.78, 5) is 11.7. The molecule has 21 heavy (non-hydrogen) atoms. The number of carbonyl (C=O) groups is 1. The summed E-state index contributed by atoms with van der Waals surface area (Å²) < 4.78 is 10.5. The topological polar surface area (TPSA) is 75.9 Å². The molecular formula is C15H17N3O3. The molecule has 1 aromatic carbocycles. The van der Waals surface area contributed by atoms with Crippen LogP contribution >= 0.6 is 0 Å². The molecule has 6 heteroatoms. The molecule has 6 nitrogen and oxygen atoms in total. The standard InChI is InChI=1S/C15H17N3O3/c1-11-7-8-12(21-11)9-17-18-15(19)10-16-13-5-3-4-6-14(13)20-2/h3-9,16H,10H2,1-2H3,(H,18,19)/b17-9-. The fraction of sp³-hybridized carbons (Fsp3) is 0.200. The zero-order chi connectivity index (χ0) is 15.1. The number of benzene rings is 1. The van der Waals surface area contributed by atoms with Gasteiger partial charge in [0.15, 0.2) is 0 Å². The van der Waals surface area contributed by atoms with Gasteiger partial charge in [-0.05, 0) is 31.2 Å². The highest BCUT2D eigenvalue weighted by atomic mass is 16.5. The molecule has 0 saturated carbocycles. The van der Waals surface area contributed by atoms with Crippen molar-refractivity contribution in [3.63, 3.8) is 0 Å². The van der Waals surface area contributed by atoms with Crippen LogP contribution in [-0.2, 0) is 4.79 Å². The number of hydrogen-bond acceptors (Lipinski definition) is 5. The summed E-state index contributed by atoms with van der Waals surface area (Å²) in [5.41, 5.74) is 3.17. The smallest absolute Gasteiger partial charge is 0.259 e. The number of aryl methyl sites for hydroxylation is 1. The highest BCUT2D eigenvalue weighted by molar-refractivity contribution is 5.83. The first-order valence-corrected chi connectivity index (χ1v) is 6.44. The zero-order valence-corrected chi connectivity index (χ0v) is 11.9. The largest absolute Gasteiger partial charge is 0.495 e. The number of anilines is 1. The molecule has 0 aliphatic carbocycles. The van der Waals surface area contributed by atoms with Crippen molar-refractivity contribution in [2.75, 3.05) is 19.0 Å². The number of ether oxygens (including phenoxy) is 1. The van der Waals surface area contributed by atoms with Gasteiger partial charge in [0, 0.05) is 0 Å². The molecule has 0 saturated heterocycles. The van der Waals surface area contributed by atoms with Crippen molar-refractivity contribution in [1.29, 1.82) is 0 Å². The van der Waals surface area contributed by atoms with Crippen molar-refractivity contribution < 1.29 is 13.9 Å². The van der Waals surface area contributed by atoms with Crippen LogP contribution in [0.25, 0.3) is 0 Å². The van der Waals surface area contributed by atoms with Crippen LogP contribution in [0.15, 0.2) is 45.9 Å². The summed E-state index contributed by atoms with van der Waals surface area (Å²) in [6.07, 6.45) is 1.45. The molecule has 0 unspecified atom stereocenters. The predicted octanol–water partition coefficient (Wildman–Crippen LogP) is 2.16. The van der Waals surface area contributed by atoms with Gasteiger partial charge in [-0.1, -0.05) is 12.1 Å². The summed E-state index contributed by atoms with van der Waals surface area (Å²) in [6.45, 7) is 1.93. The van der Waals surface area contributed by atoms with Gasteiger partial charge in [-0.2, -0.15) is 5.10 Å².